The zero-order chi connectivity index (χ0) is 33.6. The Balaban J connectivity index is 1.97. The van der Waals surface area contributed by atoms with E-state index in [1.54, 1.807) is 0 Å². The van der Waals surface area contributed by atoms with Crippen LogP contribution in [0.3, 0.4) is 0 Å². The number of unbranched alkanes of at least 4 members (excludes halogenated alkanes) is 18. The van der Waals surface area contributed by atoms with Crippen LogP contribution < -0.4 is 0 Å². The van der Waals surface area contributed by atoms with Crippen LogP contribution in [0.1, 0.15) is 168 Å². The molecule has 274 valence electrons. The first-order valence-corrected chi connectivity index (χ1v) is 20.5. The molecular formula is C43H79NO3. The molecule has 47 heavy (non-hydrogen) atoms. The third-order valence-corrected chi connectivity index (χ3v) is 9.16. The minimum absolute atomic E-state index is 0.355. The van der Waals surface area contributed by atoms with Gasteiger partial charge in [-0.25, -0.2) is 0 Å². The van der Waals surface area contributed by atoms with Gasteiger partial charge >= 0.3 is 0 Å². The van der Waals surface area contributed by atoms with Gasteiger partial charge in [-0.15, -0.1) is 0 Å². The normalized spacial score (nSPS) is 15.4. The zero-order valence-electron chi connectivity index (χ0n) is 31.5. The molecule has 1 rings (SSSR count). The maximum atomic E-state index is 6.17. The monoisotopic (exact) mass is 658 g/mol. The Labute approximate surface area is 293 Å². The summed E-state index contributed by atoms with van der Waals surface area (Å²) in [6.07, 6.45) is 49.5. The van der Waals surface area contributed by atoms with Crippen molar-refractivity contribution in [3.8, 4) is 0 Å². The molecule has 0 aromatic rings. The van der Waals surface area contributed by atoms with Crippen LogP contribution in [-0.4, -0.2) is 63.7 Å². The summed E-state index contributed by atoms with van der Waals surface area (Å²) in [7, 11) is 0. The first-order valence-electron chi connectivity index (χ1n) is 20.5. The van der Waals surface area contributed by atoms with Gasteiger partial charge in [0, 0.05) is 26.3 Å². The lowest BCUT2D eigenvalue weighted by atomic mass is 10.1. The second kappa shape index (κ2) is 37.6. The van der Waals surface area contributed by atoms with Gasteiger partial charge in [-0.1, -0.05) is 140 Å². The lowest BCUT2D eigenvalue weighted by molar-refractivity contribution is -0.0397. The first-order chi connectivity index (χ1) is 23.4. The van der Waals surface area contributed by atoms with Gasteiger partial charge in [0.25, 0.3) is 0 Å². The van der Waals surface area contributed by atoms with Gasteiger partial charge in [0.1, 0.15) is 0 Å². The van der Waals surface area contributed by atoms with Gasteiger partial charge < -0.3 is 14.2 Å². The van der Waals surface area contributed by atoms with Crippen molar-refractivity contribution in [3.63, 3.8) is 0 Å². The summed E-state index contributed by atoms with van der Waals surface area (Å²) in [5.41, 5.74) is 0. The zero-order valence-corrected chi connectivity index (χ0v) is 31.5. The van der Waals surface area contributed by atoms with Crippen LogP contribution in [0, 0.1) is 0 Å². The average molecular weight is 658 g/mol. The minimum Gasteiger partial charge on any atom is -0.380 e. The lowest BCUT2D eigenvalue weighted by Gasteiger charge is -2.34. The molecule has 1 aliphatic rings. The number of hydrogen-bond acceptors (Lipinski definition) is 4. The van der Waals surface area contributed by atoms with Crippen LogP contribution in [0.25, 0.3) is 0 Å². The fourth-order valence-corrected chi connectivity index (χ4v) is 6.02. The highest BCUT2D eigenvalue weighted by Crippen LogP contribution is 2.12. The van der Waals surface area contributed by atoms with E-state index in [2.05, 4.69) is 67.4 Å². The van der Waals surface area contributed by atoms with Crippen LogP contribution in [0.4, 0.5) is 0 Å². The summed E-state index contributed by atoms with van der Waals surface area (Å²) >= 11 is 0. The lowest BCUT2D eigenvalue weighted by Crippen LogP contribution is -2.48. The standard InChI is InChI=1S/C43H79NO3/c1-3-5-7-9-11-13-15-17-19-21-23-25-27-29-31-33-37-46-41-43(44-35-39-45-40-36-44)42-47-38-34-32-30-28-26-24-22-20-18-16-14-12-10-8-6-4-2/h11-14,17-20,43H,3-10,15-16,21-42H2,1-2H3. The van der Waals surface area contributed by atoms with E-state index in [1.807, 2.05) is 0 Å². The fraction of sp³-hybridized carbons (Fsp3) is 0.814. The van der Waals surface area contributed by atoms with Crippen molar-refractivity contribution in [1.29, 1.82) is 0 Å². The second-order valence-electron chi connectivity index (χ2n) is 13.6. The quantitative estimate of drug-likeness (QED) is 0.0501. The highest BCUT2D eigenvalue weighted by Gasteiger charge is 2.21. The third kappa shape index (κ3) is 31.8. The molecule has 0 bridgehead atoms. The topological polar surface area (TPSA) is 30.9 Å². The van der Waals surface area contributed by atoms with Crippen molar-refractivity contribution in [2.24, 2.45) is 0 Å². The molecule has 4 heteroatoms. The molecule has 1 aliphatic heterocycles. The van der Waals surface area contributed by atoms with Gasteiger partial charge in [-0.2, -0.15) is 0 Å². The maximum absolute atomic E-state index is 6.17. The smallest absolute Gasteiger partial charge is 0.0644 e. The molecule has 1 fully saturated rings. The molecule has 4 nitrogen and oxygen atoms in total. The van der Waals surface area contributed by atoms with Crippen molar-refractivity contribution in [3.05, 3.63) is 48.6 Å². The van der Waals surface area contributed by atoms with Gasteiger partial charge in [-0.3, -0.25) is 4.90 Å². The van der Waals surface area contributed by atoms with Crippen LogP contribution >= 0.6 is 0 Å². The van der Waals surface area contributed by atoms with Gasteiger partial charge in [0.2, 0.25) is 0 Å². The molecule has 0 saturated carbocycles. The summed E-state index contributed by atoms with van der Waals surface area (Å²) < 4.78 is 17.9. The Morgan fingerprint density at radius 3 is 1.23 bits per heavy atom. The summed E-state index contributed by atoms with van der Waals surface area (Å²) in [6, 6.07) is 0.355. The molecule has 0 N–H and O–H groups in total. The van der Waals surface area contributed by atoms with E-state index >= 15 is 0 Å². The van der Waals surface area contributed by atoms with Crippen molar-refractivity contribution in [1.82, 2.24) is 4.90 Å². The minimum atomic E-state index is 0.355. The molecule has 0 radical (unpaired) electrons. The van der Waals surface area contributed by atoms with Crippen molar-refractivity contribution in [2.45, 2.75) is 174 Å². The van der Waals surface area contributed by atoms with E-state index in [4.69, 9.17) is 14.2 Å². The molecule has 0 atom stereocenters. The van der Waals surface area contributed by atoms with Crippen LogP contribution in [0.5, 0.6) is 0 Å². The van der Waals surface area contributed by atoms with Crippen LogP contribution in [0.2, 0.25) is 0 Å². The van der Waals surface area contributed by atoms with Gasteiger partial charge in [0.15, 0.2) is 0 Å². The molecule has 0 aliphatic carbocycles. The predicted octanol–water partition coefficient (Wildman–Crippen LogP) is 12.3. The average Bonchev–Trinajstić information content (AvgIpc) is 3.10. The van der Waals surface area contributed by atoms with E-state index in [9.17, 15) is 0 Å². The Morgan fingerprint density at radius 1 is 0.468 bits per heavy atom. The van der Waals surface area contributed by atoms with Crippen LogP contribution in [-0.2, 0) is 14.2 Å². The van der Waals surface area contributed by atoms with E-state index < -0.39 is 0 Å². The highest BCUT2D eigenvalue weighted by atomic mass is 16.5. The Morgan fingerprint density at radius 2 is 0.830 bits per heavy atom. The Kier molecular flexibility index (Phi) is 35.1. The number of ether oxygens (including phenoxy) is 3. The Bertz CT molecular complexity index is 673. The summed E-state index contributed by atoms with van der Waals surface area (Å²) in [5.74, 6) is 0. The molecule has 0 unspecified atom stereocenters. The molecule has 0 aromatic heterocycles. The molecule has 0 amide bonds. The maximum Gasteiger partial charge on any atom is 0.0644 e. The number of morpholine rings is 1. The predicted molar refractivity (Wildman–Crippen MR) is 207 cm³/mol. The fourth-order valence-electron chi connectivity index (χ4n) is 6.02. The largest absolute Gasteiger partial charge is 0.380 e. The third-order valence-electron chi connectivity index (χ3n) is 9.16. The molecule has 0 spiro atoms. The Hall–Kier alpha value is -1.20. The number of rotatable bonds is 35. The molecular weight excluding hydrogens is 578 g/mol. The summed E-state index contributed by atoms with van der Waals surface area (Å²) in [5, 5.41) is 0. The van der Waals surface area contributed by atoms with E-state index in [0.717, 1.165) is 65.6 Å². The first kappa shape index (κ1) is 43.8. The molecule has 0 aromatic carbocycles. The molecule has 1 heterocycles. The number of hydrogen-bond donors (Lipinski definition) is 0. The highest BCUT2D eigenvalue weighted by molar-refractivity contribution is 4.93. The summed E-state index contributed by atoms with van der Waals surface area (Å²) in [4.78, 5) is 2.51. The van der Waals surface area contributed by atoms with Gasteiger partial charge in [0.05, 0.1) is 32.5 Å². The number of allylic oxidation sites excluding steroid dienone is 8. The van der Waals surface area contributed by atoms with Crippen molar-refractivity contribution >= 4 is 0 Å². The van der Waals surface area contributed by atoms with Crippen LogP contribution in [0.15, 0.2) is 48.6 Å². The van der Waals surface area contributed by atoms with Crippen molar-refractivity contribution in [2.75, 3.05) is 52.7 Å². The SMILES string of the molecule is CCCCCC=CCC=CCCCCCCCCOCC(COCCCCCCCCC=CCC=CCCCCC)N1CCOCC1. The second-order valence-corrected chi connectivity index (χ2v) is 13.6. The van der Waals surface area contributed by atoms with E-state index in [-0.39, 0.29) is 0 Å². The number of nitrogens with zero attached hydrogens (tertiary/aromatic N) is 1. The summed E-state index contributed by atoms with van der Waals surface area (Å²) in [6.45, 7) is 11.5. The van der Waals surface area contributed by atoms with Gasteiger partial charge in [-0.05, 0) is 77.0 Å². The molecule has 1 saturated heterocycles. The van der Waals surface area contributed by atoms with E-state index in [1.165, 1.54) is 141 Å². The van der Waals surface area contributed by atoms with Crippen molar-refractivity contribution < 1.29 is 14.2 Å². The van der Waals surface area contributed by atoms with E-state index in [0.29, 0.717) is 6.04 Å².